The van der Waals surface area contributed by atoms with Crippen LogP contribution in [-0.2, 0) is 13.2 Å². The summed E-state index contributed by atoms with van der Waals surface area (Å²) in [6.07, 6.45) is 1.90. The van der Waals surface area contributed by atoms with Gasteiger partial charge in [0.15, 0.2) is 0 Å². The largest absolute Gasteiger partial charge is 0.487 e. The van der Waals surface area contributed by atoms with Crippen LogP contribution in [0.1, 0.15) is 30.7 Å². The van der Waals surface area contributed by atoms with E-state index in [4.69, 9.17) is 4.74 Å². The normalized spacial score (nSPS) is 10.9. The zero-order valence-electron chi connectivity index (χ0n) is 12.7. The van der Waals surface area contributed by atoms with Gasteiger partial charge in [0, 0.05) is 23.3 Å². The van der Waals surface area contributed by atoms with Crippen molar-refractivity contribution in [1.82, 2.24) is 10.3 Å². The van der Waals surface area contributed by atoms with Gasteiger partial charge in [-0.1, -0.05) is 35.8 Å². The summed E-state index contributed by atoms with van der Waals surface area (Å²) in [5.41, 5.74) is 3.28. The zero-order valence-corrected chi connectivity index (χ0v) is 14.3. The third kappa shape index (κ3) is 5.14. The van der Waals surface area contributed by atoms with Gasteiger partial charge in [-0.3, -0.25) is 4.98 Å². The van der Waals surface area contributed by atoms with Crippen LogP contribution in [-0.4, -0.2) is 11.0 Å². The van der Waals surface area contributed by atoms with Crippen LogP contribution in [0, 0.1) is 6.92 Å². The third-order valence-electron chi connectivity index (χ3n) is 3.12. The van der Waals surface area contributed by atoms with Crippen molar-refractivity contribution < 1.29 is 4.74 Å². The highest BCUT2D eigenvalue weighted by atomic mass is 79.9. The summed E-state index contributed by atoms with van der Waals surface area (Å²) in [5.74, 6) is 0.864. The van der Waals surface area contributed by atoms with E-state index in [2.05, 4.69) is 46.1 Å². The molecule has 1 aromatic heterocycles. The quantitative estimate of drug-likeness (QED) is 0.848. The lowest BCUT2D eigenvalue weighted by Crippen LogP contribution is -2.21. The summed E-state index contributed by atoms with van der Waals surface area (Å²) in [5, 5.41) is 3.37. The van der Waals surface area contributed by atoms with E-state index >= 15 is 0 Å². The highest BCUT2D eigenvalue weighted by Crippen LogP contribution is 2.22. The Balaban J connectivity index is 1.89. The zero-order chi connectivity index (χ0) is 15.2. The monoisotopic (exact) mass is 348 g/mol. The summed E-state index contributed by atoms with van der Waals surface area (Å²) in [7, 11) is 0. The van der Waals surface area contributed by atoms with Crippen LogP contribution in [0.25, 0.3) is 0 Å². The number of benzene rings is 1. The average molecular weight is 349 g/mol. The standard InChI is InChI=1S/C17H21BrN2O/c1-12(2)19-9-14-4-5-15(20-10-14)11-21-16-6-7-17(18)13(3)8-16/h4-8,10,12,19H,9,11H2,1-3H3. The SMILES string of the molecule is Cc1cc(OCc2ccc(CNC(C)C)cn2)ccc1Br. The minimum atomic E-state index is 0.480. The van der Waals surface area contributed by atoms with Gasteiger partial charge in [0.05, 0.1) is 5.69 Å². The second kappa shape index (κ2) is 7.57. The maximum absolute atomic E-state index is 5.77. The fraction of sp³-hybridized carbons (Fsp3) is 0.353. The average Bonchev–Trinajstić information content (AvgIpc) is 2.47. The molecular weight excluding hydrogens is 328 g/mol. The van der Waals surface area contributed by atoms with Gasteiger partial charge >= 0.3 is 0 Å². The molecule has 21 heavy (non-hydrogen) atoms. The van der Waals surface area contributed by atoms with E-state index in [0.29, 0.717) is 12.6 Å². The lowest BCUT2D eigenvalue weighted by molar-refractivity contribution is 0.301. The molecule has 0 unspecified atom stereocenters. The van der Waals surface area contributed by atoms with Gasteiger partial charge in [0.2, 0.25) is 0 Å². The molecule has 0 aliphatic rings. The minimum Gasteiger partial charge on any atom is -0.487 e. The number of hydrogen-bond donors (Lipinski definition) is 1. The molecule has 0 radical (unpaired) electrons. The first kappa shape index (κ1) is 16.0. The number of aryl methyl sites for hydroxylation is 1. The first-order chi connectivity index (χ1) is 10.0. The molecule has 0 bridgehead atoms. The Morgan fingerprint density at radius 3 is 2.67 bits per heavy atom. The van der Waals surface area contributed by atoms with Gasteiger partial charge in [-0.25, -0.2) is 0 Å². The van der Waals surface area contributed by atoms with Crippen molar-refractivity contribution in [2.45, 2.75) is 40.0 Å². The molecular formula is C17H21BrN2O. The van der Waals surface area contributed by atoms with E-state index in [0.717, 1.165) is 28.0 Å². The van der Waals surface area contributed by atoms with Crippen molar-refractivity contribution in [2.75, 3.05) is 0 Å². The molecule has 3 nitrogen and oxygen atoms in total. The van der Waals surface area contributed by atoms with Gasteiger partial charge in [0.1, 0.15) is 12.4 Å². The Hall–Kier alpha value is -1.39. The van der Waals surface area contributed by atoms with E-state index < -0.39 is 0 Å². The van der Waals surface area contributed by atoms with Gasteiger partial charge in [-0.2, -0.15) is 0 Å². The van der Waals surface area contributed by atoms with Gasteiger partial charge in [-0.05, 0) is 42.3 Å². The van der Waals surface area contributed by atoms with Crippen molar-refractivity contribution in [2.24, 2.45) is 0 Å². The molecule has 0 atom stereocenters. The number of rotatable bonds is 6. The maximum Gasteiger partial charge on any atom is 0.130 e. The molecule has 2 rings (SSSR count). The van der Waals surface area contributed by atoms with Crippen LogP contribution >= 0.6 is 15.9 Å². The highest BCUT2D eigenvalue weighted by molar-refractivity contribution is 9.10. The van der Waals surface area contributed by atoms with Crippen LogP contribution < -0.4 is 10.1 Å². The summed E-state index contributed by atoms with van der Waals surface area (Å²) in [4.78, 5) is 4.44. The summed E-state index contributed by atoms with van der Waals surface area (Å²) in [6.45, 7) is 7.65. The molecule has 2 aromatic rings. The molecule has 0 aliphatic heterocycles. The van der Waals surface area contributed by atoms with Crippen LogP contribution in [0.5, 0.6) is 5.75 Å². The Bertz CT molecular complexity index is 582. The van der Waals surface area contributed by atoms with Crippen LogP contribution in [0.4, 0.5) is 0 Å². The van der Waals surface area contributed by atoms with E-state index in [1.54, 1.807) is 0 Å². The number of aromatic nitrogens is 1. The second-order valence-corrected chi connectivity index (χ2v) is 6.25. The molecule has 0 amide bonds. The number of nitrogens with one attached hydrogen (secondary N) is 1. The lowest BCUT2D eigenvalue weighted by Gasteiger charge is -2.09. The molecule has 4 heteroatoms. The van der Waals surface area contributed by atoms with Crippen LogP contribution in [0.15, 0.2) is 41.0 Å². The molecule has 0 saturated heterocycles. The second-order valence-electron chi connectivity index (χ2n) is 5.39. The van der Waals surface area contributed by atoms with E-state index in [-0.39, 0.29) is 0 Å². The number of ether oxygens (including phenoxy) is 1. The Morgan fingerprint density at radius 2 is 2.05 bits per heavy atom. The topological polar surface area (TPSA) is 34.1 Å². The van der Waals surface area contributed by atoms with Crippen LogP contribution in [0.3, 0.4) is 0 Å². The van der Waals surface area contributed by atoms with Crippen molar-refractivity contribution in [3.8, 4) is 5.75 Å². The number of pyridine rings is 1. The molecule has 1 N–H and O–H groups in total. The smallest absolute Gasteiger partial charge is 0.130 e. The molecule has 0 aliphatic carbocycles. The number of hydrogen-bond acceptors (Lipinski definition) is 3. The molecule has 1 heterocycles. The fourth-order valence-corrected chi connectivity index (χ4v) is 2.08. The number of halogens is 1. The molecule has 112 valence electrons. The number of nitrogens with zero attached hydrogens (tertiary/aromatic N) is 1. The van der Waals surface area contributed by atoms with Crippen molar-refractivity contribution >= 4 is 15.9 Å². The van der Waals surface area contributed by atoms with Crippen molar-refractivity contribution in [1.29, 1.82) is 0 Å². The minimum absolute atomic E-state index is 0.480. The van der Waals surface area contributed by atoms with E-state index in [1.807, 2.05) is 37.4 Å². The molecule has 0 spiro atoms. The summed E-state index contributed by atoms with van der Waals surface area (Å²) in [6, 6.07) is 10.6. The molecule has 1 aromatic carbocycles. The predicted molar refractivity (Wildman–Crippen MR) is 89.4 cm³/mol. The summed E-state index contributed by atoms with van der Waals surface area (Å²) >= 11 is 3.48. The van der Waals surface area contributed by atoms with E-state index in [9.17, 15) is 0 Å². The van der Waals surface area contributed by atoms with Gasteiger partial charge in [-0.15, -0.1) is 0 Å². The maximum atomic E-state index is 5.77. The first-order valence-electron chi connectivity index (χ1n) is 7.11. The van der Waals surface area contributed by atoms with Crippen molar-refractivity contribution in [3.05, 3.63) is 57.8 Å². The third-order valence-corrected chi connectivity index (χ3v) is 4.01. The lowest BCUT2D eigenvalue weighted by atomic mass is 10.2. The Morgan fingerprint density at radius 1 is 1.24 bits per heavy atom. The van der Waals surface area contributed by atoms with Crippen molar-refractivity contribution in [3.63, 3.8) is 0 Å². The molecule has 0 saturated carbocycles. The first-order valence-corrected chi connectivity index (χ1v) is 7.90. The van der Waals surface area contributed by atoms with Gasteiger partial charge in [0.25, 0.3) is 0 Å². The Labute approximate surface area is 134 Å². The molecule has 0 fully saturated rings. The fourth-order valence-electron chi connectivity index (χ4n) is 1.83. The predicted octanol–water partition coefficient (Wildman–Crippen LogP) is 4.23. The van der Waals surface area contributed by atoms with E-state index in [1.165, 1.54) is 5.56 Å². The van der Waals surface area contributed by atoms with Gasteiger partial charge < -0.3 is 10.1 Å². The van der Waals surface area contributed by atoms with Crippen LogP contribution in [0.2, 0.25) is 0 Å². The Kier molecular flexibility index (Phi) is 5.76. The summed E-state index contributed by atoms with van der Waals surface area (Å²) < 4.78 is 6.86. The highest BCUT2D eigenvalue weighted by Gasteiger charge is 2.01.